The number of carbonyl (C=O) groups excluding carboxylic acids is 1. The largest absolute Gasteiger partial charge is 0.504 e. The fourth-order valence-corrected chi connectivity index (χ4v) is 1.79. The molecular weight excluding hydrogens is 180 g/mol. The van der Waals surface area contributed by atoms with Gasteiger partial charge in [-0.3, -0.25) is 4.79 Å². The van der Waals surface area contributed by atoms with E-state index in [4.69, 9.17) is 4.74 Å². The van der Waals surface area contributed by atoms with Gasteiger partial charge < -0.3 is 9.84 Å². The maximum Gasteiger partial charge on any atom is 0.319 e. The lowest BCUT2D eigenvalue weighted by atomic mass is 9.96. The Hall–Kier alpha value is -1.51. The van der Waals surface area contributed by atoms with Gasteiger partial charge in [-0.2, -0.15) is 0 Å². The van der Waals surface area contributed by atoms with Gasteiger partial charge in [-0.15, -0.1) is 0 Å². The van der Waals surface area contributed by atoms with Crippen LogP contribution in [0.2, 0.25) is 0 Å². The highest BCUT2D eigenvalue weighted by molar-refractivity contribution is 5.87. The quantitative estimate of drug-likeness (QED) is 0.577. The maximum absolute atomic E-state index is 11.4. The van der Waals surface area contributed by atoms with Crippen molar-refractivity contribution in [2.24, 2.45) is 0 Å². The molecular formula is C11H12O3. The number of benzene rings is 1. The van der Waals surface area contributed by atoms with Crippen LogP contribution in [-0.2, 0) is 4.79 Å². The van der Waals surface area contributed by atoms with Crippen LogP contribution >= 0.6 is 0 Å². The molecule has 1 N–H and O–H groups in total. The van der Waals surface area contributed by atoms with Gasteiger partial charge in [0.15, 0.2) is 11.5 Å². The number of hydrogen-bond donors (Lipinski definition) is 1. The summed E-state index contributed by atoms with van der Waals surface area (Å²) in [5.74, 6) is -0.0455. The van der Waals surface area contributed by atoms with Crippen molar-refractivity contribution >= 4 is 5.97 Å². The average molecular weight is 192 g/mol. The molecule has 0 unspecified atom stereocenters. The van der Waals surface area contributed by atoms with Crippen molar-refractivity contribution in [3.05, 3.63) is 23.8 Å². The van der Waals surface area contributed by atoms with Gasteiger partial charge in [-0.05, 0) is 12.5 Å². The SMILES string of the molecule is CCC[C@@H]1C(=O)Oc2c(O)cccc21. The first kappa shape index (κ1) is 9.06. The highest BCUT2D eigenvalue weighted by Gasteiger charge is 2.33. The summed E-state index contributed by atoms with van der Waals surface area (Å²) in [5.41, 5.74) is 0.817. The second kappa shape index (κ2) is 3.33. The second-order valence-electron chi connectivity index (χ2n) is 3.46. The lowest BCUT2D eigenvalue weighted by molar-refractivity contribution is -0.134. The van der Waals surface area contributed by atoms with Crippen LogP contribution < -0.4 is 4.74 Å². The van der Waals surface area contributed by atoms with Crippen molar-refractivity contribution < 1.29 is 14.6 Å². The fraction of sp³-hybridized carbons (Fsp3) is 0.364. The Labute approximate surface area is 82.3 Å². The van der Waals surface area contributed by atoms with Crippen LogP contribution in [0.25, 0.3) is 0 Å². The van der Waals surface area contributed by atoms with Crippen molar-refractivity contribution in [1.29, 1.82) is 0 Å². The number of phenols is 1. The Morgan fingerprint density at radius 2 is 2.29 bits per heavy atom. The van der Waals surface area contributed by atoms with E-state index in [9.17, 15) is 9.90 Å². The van der Waals surface area contributed by atoms with E-state index in [1.54, 1.807) is 6.07 Å². The van der Waals surface area contributed by atoms with Gasteiger partial charge in [0.25, 0.3) is 0 Å². The van der Waals surface area contributed by atoms with Crippen LogP contribution in [-0.4, -0.2) is 11.1 Å². The lowest BCUT2D eigenvalue weighted by Crippen LogP contribution is -2.09. The van der Waals surface area contributed by atoms with E-state index in [2.05, 4.69) is 0 Å². The summed E-state index contributed by atoms with van der Waals surface area (Å²) in [4.78, 5) is 11.4. The van der Waals surface area contributed by atoms with E-state index in [1.165, 1.54) is 6.07 Å². The summed E-state index contributed by atoms with van der Waals surface area (Å²) in [6.07, 6.45) is 1.70. The normalized spacial score (nSPS) is 19.2. The predicted octanol–water partition coefficient (Wildman–Crippen LogP) is 2.19. The summed E-state index contributed by atoms with van der Waals surface area (Å²) in [5, 5.41) is 9.46. The molecule has 0 fully saturated rings. The van der Waals surface area contributed by atoms with Crippen molar-refractivity contribution in [1.82, 2.24) is 0 Å². The molecule has 1 aromatic carbocycles. The van der Waals surface area contributed by atoms with Crippen molar-refractivity contribution in [2.45, 2.75) is 25.7 Å². The Morgan fingerprint density at radius 1 is 1.50 bits per heavy atom. The third-order valence-electron chi connectivity index (χ3n) is 2.46. The molecule has 1 heterocycles. The number of hydrogen-bond acceptors (Lipinski definition) is 3. The zero-order chi connectivity index (χ0) is 10.1. The minimum Gasteiger partial charge on any atom is -0.504 e. The molecule has 3 heteroatoms. The van der Waals surface area contributed by atoms with Crippen LogP contribution in [0.4, 0.5) is 0 Å². The maximum atomic E-state index is 11.4. The van der Waals surface area contributed by atoms with E-state index < -0.39 is 0 Å². The third-order valence-corrected chi connectivity index (χ3v) is 2.46. The minimum absolute atomic E-state index is 0.0504. The lowest BCUT2D eigenvalue weighted by Gasteiger charge is -2.03. The van der Waals surface area contributed by atoms with Crippen molar-refractivity contribution in [3.63, 3.8) is 0 Å². The first-order valence-corrected chi connectivity index (χ1v) is 4.77. The Kier molecular flexibility index (Phi) is 2.15. The molecule has 0 saturated carbocycles. The molecule has 1 aliphatic heterocycles. The van der Waals surface area contributed by atoms with Crippen LogP contribution in [0, 0.1) is 0 Å². The molecule has 0 aromatic heterocycles. The molecule has 14 heavy (non-hydrogen) atoms. The molecule has 2 rings (SSSR count). The minimum atomic E-state index is -0.247. The molecule has 0 spiro atoms. The predicted molar refractivity (Wildman–Crippen MR) is 51.4 cm³/mol. The van der Waals surface area contributed by atoms with Crippen LogP contribution in [0.15, 0.2) is 18.2 Å². The first-order chi connectivity index (χ1) is 6.74. The number of para-hydroxylation sites is 1. The summed E-state index contributed by atoms with van der Waals surface area (Å²) in [6.45, 7) is 2.02. The second-order valence-corrected chi connectivity index (χ2v) is 3.46. The van der Waals surface area contributed by atoms with E-state index in [0.29, 0.717) is 5.75 Å². The van der Waals surface area contributed by atoms with Gasteiger partial charge >= 0.3 is 5.97 Å². The molecule has 0 saturated heterocycles. The van der Waals surface area contributed by atoms with Gasteiger partial charge in [-0.1, -0.05) is 25.5 Å². The van der Waals surface area contributed by atoms with Crippen LogP contribution in [0.1, 0.15) is 31.2 Å². The van der Waals surface area contributed by atoms with Gasteiger partial charge in [-0.25, -0.2) is 0 Å². The van der Waals surface area contributed by atoms with Crippen molar-refractivity contribution in [2.75, 3.05) is 0 Å². The summed E-state index contributed by atoms with van der Waals surface area (Å²) in [7, 11) is 0. The van der Waals surface area contributed by atoms with Gasteiger partial charge in [0.1, 0.15) is 0 Å². The molecule has 3 nitrogen and oxygen atoms in total. The number of carbonyl (C=O) groups is 1. The standard InChI is InChI=1S/C11H12O3/c1-2-4-8-7-5-3-6-9(12)10(7)14-11(8)13/h3,5-6,8,12H,2,4H2,1H3/t8-/m0/s1. The number of esters is 1. The molecule has 0 radical (unpaired) electrons. The van der Waals surface area contributed by atoms with Gasteiger partial charge in [0, 0.05) is 5.56 Å². The number of aromatic hydroxyl groups is 1. The smallest absolute Gasteiger partial charge is 0.319 e. The molecule has 1 aliphatic rings. The number of fused-ring (bicyclic) bond motifs is 1. The Balaban J connectivity index is 2.42. The van der Waals surface area contributed by atoms with E-state index in [1.807, 2.05) is 13.0 Å². The molecule has 1 aromatic rings. The Bertz CT molecular complexity index is 371. The Morgan fingerprint density at radius 3 is 3.00 bits per heavy atom. The molecule has 74 valence electrons. The summed E-state index contributed by atoms with van der Waals surface area (Å²) < 4.78 is 5.01. The fourth-order valence-electron chi connectivity index (χ4n) is 1.79. The molecule has 0 amide bonds. The van der Waals surface area contributed by atoms with Gasteiger partial charge in [0.2, 0.25) is 0 Å². The summed E-state index contributed by atoms with van der Waals surface area (Å²) >= 11 is 0. The van der Waals surface area contributed by atoms with Crippen LogP contribution in [0.5, 0.6) is 11.5 Å². The third kappa shape index (κ3) is 1.25. The van der Waals surface area contributed by atoms with E-state index in [-0.39, 0.29) is 17.6 Å². The monoisotopic (exact) mass is 192 g/mol. The molecule has 0 bridgehead atoms. The molecule has 0 aliphatic carbocycles. The first-order valence-electron chi connectivity index (χ1n) is 4.77. The number of ether oxygens (including phenoxy) is 1. The highest BCUT2D eigenvalue weighted by atomic mass is 16.5. The zero-order valence-electron chi connectivity index (χ0n) is 7.99. The van der Waals surface area contributed by atoms with Gasteiger partial charge in [0.05, 0.1) is 5.92 Å². The number of rotatable bonds is 2. The average Bonchev–Trinajstić information content (AvgIpc) is 2.47. The number of phenolic OH excluding ortho intramolecular Hbond substituents is 1. The summed E-state index contributed by atoms with van der Waals surface area (Å²) in [6, 6.07) is 5.10. The van der Waals surface area contributed by atoms with E-state index >= 15 is 0 Å². The zero-order valence-corrected chi connectivity index (χ0v) is 7.99. The topological polar surface area (TPSA) is 46.5 Å². The van der Waals surface area contributed by atoms with Crippen LogP contribution in [0.3, 0.4) is 0 Å². The molecule has 1 atom stereocenters. The van der Waals surface area contributed by atoms with Crippen molar-refractivity contribution in [3.8, 4) is 11.5 Å². The van der Waals surface area contributed by atoms with E-state index in [0.717, 1.165) is 18.4 Å². The highest BCUT2D eigenvalue weighted by Crippen LogP contribution is 2.42.